The van der Waals surface area contributed by atoms with Crippen LogP contribution in [0.2, 0.25) is 0 Å². The average Bonchev–Trinajstić information content (AvgIpc) is 2.53. The topological polar surface area (TPSA) is 50.3 Å². The van der Waals surface area contributed by atoms with E-state index >= 15 is 0 Å². The SMILES string of the molecule is CC(CNc1ccnc2cc(Br)cnc12)CN1CCOCC1. The van der Waals surface area contributed by atoms with E-state index in [0.717, 1.165) is 60.6 Å². The molecule has 118 valence electrons. The van der Waals surface area contributed by atoms with Gasteiger partial charge in [0.15, 0.2) is 0 Å². The lowest BCUT2D eigenvalue weighted by molar-refractivity contribution is 0.0325. The molecule has 1 N–H and O–H groups in total. The fraction of sp³-hybridized carbons (Fsp3) is 0.500. The maximum atomic E-state index is 5.39. The molecule has 2 aromatic rings. The predicted octanol–water partition coefficient (Wildman–Crippen LogP) is 2.77. The Morgan fingerprint density at radius 2 is 2.18 bits per heavy atom. The van der Waals surface area contributed by atoms with Gasteiger partial charge in [0.05, 0.1) is 24.4 Å². The van der Waals surface area contributed by atoms with Crippen LogP contribution in [0.5, 0.6) is 0 Å². The summed E-state index contributed by atoms with van der Waals surface area (Å²) < 4.78 is 6.34. The molecule has 1 aliphatic heterocycles. The van der Waals surface area contributed by atoms with Crippen LogP contribution in [0, 0.1) is 5.92 Å². The number of rotatable bonds is 5. The highest BCUT2D eigenvalue weighted by Gasteiger charge is 2.14. The van der Waals surface area contributed by atoms with Crippen LogP contribution in [0.25, 0.3) is 11.0 Å². The first-order valence-corrected chi connectivity index (χ1v) is 8.46. The lowest BCUT2D eigenvalue weighted by Gasteiger charge is -2.29. The van der Waals surface area contributed by atoms with Gasteiger partial charge in [-0.3, -0.25) is 14.9 Å². The van der Waals surface area contributed by atoms with Gasteiger partial charge in [0, 0.05) is 43.0 Å². The molecule has 0 saturated carbocycles. The van der Waals surface area contributed by atoms with E-state index in [1.807, 2.05) is 24.5 Å². The zero-order chi connectivity index (χ0) is 15.4. The molecule has 5 nitrogen and oxygen atoms in total. The highest BCUT2D eigenvalue weighted by Crippen LogP contribution is 2.22. The van der Waals surface area contributed by atoms with Crippen LogP contribution in [0.15, 0.2) is 29.0 Å². The molecule has 1 unspecified atom stereocenters. The minimum Gasteiger partial charge on any atom is -0.383 e. The molecular weight excluding hydrogens is 344 g/mol. The summed E-state index contributed by atoms with van der Waals surface area (Å²) >= 11 is 3.44. The number of pyridine rings is 2. The van der Waals surface area contributed by atoms with Gasteiger partial charge in [0.1, 0.15) is 5.52 Å². The Morgan fingerprint density at radius 3 is 3.00 bits per heavy atom. The summed E-state index contributed by atoms with van der Waals surface area (Å²) in [6.45, 7) is 8.08. The molecule has 3 heterocycles. The molecule has 0 spiro atoms. The zero-order valence-electron chi connectivity index (χ0n) is 12.8. The van der Waals surface area contributed by atoms with E-state index in [-0.39, 0.29) is 0 Å². The van der Waals surface area contributed by atoms with Crippen molar-refractivity contribution in [2.75, 3.05) is 44.7 Å². The lowest BCUT2D eigenvalue weighted by Crippen LogP contribution is -2.40. The van der Waals surface area contributed by atoms with E-state index in [1.54, 1.807) is 0 Å². The lowest BCUT2D eigenvalue weighted by atomic mass is 10.1. The molecular formula is C16H21BrN4O. The van der Waals surface area contributed by atoms with Crippen molar-refractivity contribution in [2.45, 2.75) is 6.92 Å². The fourth-order valence-electron chi connectivity index (χ4n) is 2.72. The van der Waals surface area contributed by atoms with E-state index in [2.05, 4.69) is 43.0 Å². The van der Waals surface area contributed by atoms with Gasteiger partial charge >= 0.3 is 0 Å². The first-order chi connectivity index (χ1) is 10.7. The van der Waals surface area contributed by atoms with Gasteiger partial charge in [-0.2, -0.15) is 0 Å². The van der Waals surface area contributed by atoms with Crippen molar-refractivity contribution in [2.24, 2.45) is 5.92 Å². The second-order valence-corrected chi connectivity index (χ2v) is 6.69. The molecule has 1 aliphatic rings. The van der Waals surface area contributed by atoms with E-state index < -0.39 is 0 Å². The van der Waals surface area contributed by atoms with Crippen molar-refractivity contribution in [3.05, 3.63) is 29.0 Å². The van der Waals surface area contributed by atoms with Crippen molar-refractivity contribution in [3.63, 3.8) is 0 Å². The molecule has 6 heteroatoms. The molecule has 0 aromatic carbocycles. The van der Waals surface area contributed by atoms with Crippen molar-refractivity contribution < 1.29 is 4.74 Å². The largest absolute Gasteiger partial charge is 0.383 e. The van der Waals surface area contributed by atoms with Gasteiger partial charge in [0.2, 0.25) is 0 Å². The summed E-state index contributed by atoms with van der Waals surface area (Å²) in [4.78, 5) is 11.3. The molecule has 0 amide bonds. The maximum Gasteiger partial charge on any atom is 0.112 e. The highest BCUT2D eigenvalue weighted by molar-refractivity contribution is 9.10. The third-order valence-electron chi connectivity index (χ3n) is 3.86. The number of halogens is 1. The van der Waals surface area contributed by atoms with Crippen molar-refractivity contribution >= 4 is 32.7 Å². The molecule has 0 bridgehead atoms. The summed E-state index contributed by atoms with van der Waals surface area (Å²) in [5, 5.41) is 3.52. The third-order valence-corrected chi connectivity index (χ3v) is 4.29. The van der Waals surface area contributed by atoms with Gasteiger partial charge in [-0.05, 0) is 34.0 Å². The minimum absolute atomic E-state index is 0.566. The molecule has 0 radical (unpaired) electrons. The Kier molecular flexibility index (Phi) is 5.23. The third kappa shape index (κ3) is 3.94. The number of hydrogen-bond donors (Lipinski definition) is 1. The molecule has 1 fully saturated rings. The standard InChI is InChI=1S/C16H21BrN4O/c1-12(11-21-4-6-22-7-5-21)9-19-14-2-3-18-15-8-13(17)10-20-16(14)15/h2-3,8,10,12H,4-7,9,11H2,1H3,(H,18,19). The van der Waals surface area contributed by atoms with Crippen molar-refractivity contribution in [1.29, 1.82) is 0 Å². The summed E-state index contributed by atoms with van der Waals surface area (Å²) in [5.74, 6) is 0.566. The van der Waals surface area contributed by atoms with Crippen molar-refractivity contribution in [3.8, 4) is 0 Å². The van der Waals surface area contributed by atoms with Gasteiger partial charge in [-0.1, -0.05) is 6.92 Å². The number of fused-ring (bicyclic) bond motifs is 1. The second kappa shape index (κ2) is 7.35. The minimum atomic E-state index is 0.566. The molecule has 22 heavy (non-hydrogen) atoms. The summed E-state index contributed by atoms with van der Waals surface area (Å²) in [7, 11) is 0. The summed E-state index contributed by atoms with van der Waals surface area (Å²) in [6, 6.07) is 3.98. The van der Waals surface area contributed by atoms with E-state index in [0.29, 0.717) is 5.92 Å². The number of hydrogen-bond acceptors (Lipinski definition) is 5. The van der Waals surface area contributed by atoms with Crippen LogP contribution in [0.1, 0.15) is 6.92 Å². The summed E-state index contributed by atoms with van der Waals surface area (Å²) in [5.41, 5.74) is 2.87. The number of aromatic nitrogens is 2. The van der Waals surface area contributed by atoms with Gasteiger partial charge in [0.25, 0.3) is 0 Å². The van der Waals surface area contributed by atoms with E-state index in [4.69, 9.17) is 4.74 Å². The number of morpholine rings is 1. The Balaban J connectivity index is 1.61. The maximum absolute atomic E-state index is 5.39. The Morgan fingerprint density at radius 1 is 1.36 bits per heavy atom. The van der Waals surface area contributed by atoms with Crippen LogP contribution >= 0.6 is 15.9 Å². The average molecular weight is 365 g/mol. The quantitative estimate of drug-likeness (QED) is 0.883. The zero-order valence-corrected chi connectivity index (χ0v) is 14.3. The van der Waals surface area contributed by atoms with Gasteiger partial charge in [-0.25, -0.2) is 0 Å². The van der Waals surface area contributed by atoms with Crippen molar-refractivity contribution in [1.82, 2.24) is 14.9 Å². The number of nitrogens with one attached hydrogen (secondary N) is 1. The monoisotopic (exact) mass is 364 g/mol. The number of ether oxygens (including phenoxy) is 1. The Bertz CT molecular complexity index is 631. The molecule has 1 atom stereocenters. The second-order valence-electron chi connectivity index (χ2n) is 5.78. The number of anilines is 1. The first-order valence-electron chi connectivity index (χ1n) is 7.66. The number of nitrogens with zero attached hydrogens (tertiary/aromatic N) is 3. The van der Waals surface area contributed by atoms with E-state index in [9.17, 15) is 0 Å². The van der Waals surface area contributed by atoms with Crippen LogP contribution in [-0.2, 0) is 4.74 Å². The Labute approximate surface area is 139 Å². The summed E-state index contributed by atoms with van der Waals surface area (Å²) in [6.07, 6.45) is 3.64. The molecule has 3 rings (SSSR count). The van der Waals surface area contributed by atoms with Crippen LogP contribution in [0.4, 0.5) is 5.69 Å². The smallest absolute Gasteiger partial charge is 0.112 e. The normalized spacial score (nSPS) is 17.5. The van der Waals surface area contributed by atoms with Crippen LogP contribution < -0.4 is 5.32 Å². The molecule has 0 aliphatic carbocycles. The van der Waals surface area contributed by atoms with Crippen LogP contribution in [0.3, 0.4) is 0 Å². The molecule has 1 saturated heterocycles. The Hall–Kier alpha value is -1.24. The predicted molar refractivity (Wildman–Crippen MR) is 92.2 cm³/mol. The first kappa shape index (κ1) is 15.6. The fourth-order valence-corrected chi connectivity index (χ4v) is 3.04. The van der Waals surface area contributed by atoms with Gasteiger partial charge in [-0.15, -0.1) is 0 Å². The van der Waals surface area contributed by atoms with E-state index in [1.165, 1.54) is 0 Å². The van der Waals surface area contributed by atoms with Crippen LogP contribution in [-0.4, -0.2) is 54.3 Å². The highest BCUT2D eigenvalue weighted by atomic mass is 79.9. The van der Waals surface area contributed by atoms with Gasteiger partial charge < -0.3 is 10.1 Å². The molecule has 2 aromatic heterocycles.